The molecule has 0 saturated carbocycles. The molecule has 5 heteroatoms. The second-order valence-corrected chi connectivity index (χ2v) is 6.84. The third-order valence-electron chi connectivity index (χ3n) is 3.80. The lowest BCUT2D eigenvalue weighted by Crippen LogP contribution is -2.14. The summed E-state index contributed by atoms with van der Waals surface area (Å²) in [6.45, 7) is 0. The average molecular weight is 302 g/mol. The minimum atomic E-state index is -3.59. The molecule has 0 aromatic heterocycles. The summed E-state index contributed by atoms with van der Waals surface area (Å²) in [4.78, 5) is 0.257. The van der Waals surface area contributed by atoms with Gasteiger partial charge in [0.05, 0.1) is 5.69 Å². The molecule has 2 aromatic rings. The van der Waals surface area contributed by atoms with Gasteiger partial charge in [0.15, 0.2) is 0 Å². The molecule has 0 aliphatic heterocycles. The van der Waals surface area contributed by atoms with Crippen LogP contribution in [0.5, 0.6) is 0 Å². The van der Waals surface area contributed by atoms with Crippen LogP contribution in [0, 0.1) is 0 Å². The summed E-state index contributed by atoms with van der Waals surface area (Å²) in [7, 11) is -1.87. The molecule has 0 saturated heterocycles. The first-order valence-electron chi connectivity index (χ1n) is 7.01. The predicted molar refractivity (Wildman–Crippen MR) is 85.3 cm³/mol. The van der Waals surface area contributed by atoms with E-state index in [-0.39, 0.29) is 4.90 Å². The number of aryl methyl sites for hydroxylation is 2. The third-order valence-corrected chi connectivity index (χ3v) is 5.24. The van der Waals surface area contributed by atoms with Gasteiger partial charge < -0.3 is 5.32 Å². The van der Waals surface area contributed by atoms with Crippen LogP contribution in [0.3, 0.4) is 0 Å². The summed E-state index contributed by atoms with van der Waals surface area (Å²) in [5.41, 5.74) is 3.79. The van der Waals surface area contributed by atoms with E-state index >= 15 is 0 Å². The number of benzene rings is 2. The van der Waals surface area contributed by atoms with Crippen molar-refractivity contribution >= 4 is 21.4 Å². The molecule has 0 atom stereocenters. The molecule has 1 aliphatic rings. The summed E-state index contributed by atoms with van der Waals surface area (Å²) in [6.07, 6.45) is 3.26. The predicted octanol–water partition coefficient (Wildman–Crippen LogP) is 3.02. The highest BCUT2D eigenvalue weighted by Crippen LogP contribution is 2.27. The molecule has 0 fully saturated rings. The Balaban J connectivity index is 1.93. The van der Waals surface area contributed by atoms with Crippen LogP contribution in [-0.2, 0) is 22.9 Å². The van der Waals surface area contributed by atoms with E-state index in [0.717, 1.165) is 19.3 Å². The van der Waals surface area contributed by atoms with Crippen molar-refractivity contribution in [2.75, 3.05) is 17.1 Å². The van der Waals surface area contributed by atoms with Crippen LogP contribution >= 0.6 is 0 Å². The number of hydrogen-bond acceptors (Lipinski definition) is 3. The summed E-state index contributed by atoms with van der Waals surface area (Å²) >= 11 is 0. The maximum atomic E-state index is 12.5. The fourth-order valence-electron chi connectivity index (χ4n) is 2.75. The van der Waals surface area contributed by atoms with E-state index < -0.39 is 10.0 Å². The van der Waals surface area contributed by atoms with Crippen molar-refractivity contribution < 1.29 is 8.42 Å². The number of sulfonamides is 1. The fraction of sp³-hybridized carbons (Fsp3) is 0.250. The van der Waals surface area contributed by atoms with Crippen molar-refractivity contribution in [2.45, 2.75) is 24.2 Å². The Hall–Kier alpha value is -2.01. The number of fused-ring (bicyclic) bond motifs is 1. The van der Waals surface area contributed by atoms with E-state index in [4.69, 9.17) is 0 Å². The van der Waals surface area contributed by atoms with Gasteiger partial charge in [0, 0.05) is 12.7 Å². The minimum Gasteiger partial charge on any atom is -0.387 e. The standard InChI is InChI=1S/C16H18N2O2S/c1-17-15-7-2-3-8-16(15)21(19,20)18-14-10-9-12-5-4-6-13(12)11-14/h2-3,7-11,17-18H,4-6H2,1H3. The van der Waals surface area contributed by atoms with Gasteiger partial charge in [0.1, 0.15) is 4.90 Å². The van der Waals surface area contributed by atoms with Crippen LogP contribution in [-0.4, -0.2) is 15.5 Å². The zero-order valence-corrected chi connectivity index (χ0v) is 12.7. The number of anilines is 2. The largest absolute Gasteiger partial charge is 0.387 e. The Morgan fingerprint density at radius 3 is 2.57 bits per heavy atom. The molecule has 21 heavy (non-hydrogen) atoms. The lowest BCUT2D eigenvalue weighted by molar-refractivity contribution is 0.601. The van der Waals surface area contributed by atoms with Gasteiger partial charge >= 0.3 is 0 Å². The van der Waals surface area contributed by atoms with E-state index in [0.29, 0.717) is 11.4 Å². The molecule has 3 rings (SSSR count). The van der Waals surface area contributed by atoms with Crippen LogP contribution in [0.1, 0.15) is 17.5 Å². The molecule has 0 heterocycles. The van der Waals surface area contributed by atoms with Crippen molar-refractivity contribution in [2.24, 2.45) is 0 Å². The van der Waals surface area contributed by atoms with E-state index in [9.17, 15) is 8.42 Å². The topological polar surface area (TPSA) is 58.2 Å². The smallest absolute Gasteiger partial charge is 0.263 e. The third kappa shape index (κ3) is 2.74. The highest BCUT2D eigenvalue weighted by atomic mass is 32.2. The van der Waals surface area contributed by atoms with Gasteiger partial charge in [-0.1, -0.05) is 18.2 Å². The van der Waals surface area contributed by atoms with Crippen molar-refractivity contribution in [3.05, 3.63) is 53.6 Å². The molecule has 0 bridgehead atoms. The zero-order chi connectivity index (χ0) is 14.9. The molecular formula is C16H18N2O2S. The average Bonchev–Trinajstić information content (AvgIpc) is 2.94. The summed E-state index contributed by atoms with van der Waals surface area (Å²) < 4.78 is 27.7. The van der Waals surface area contributed by atoms with Crippen molar-refractivity contribution in [1.29, 1.82) is 0 Å². The minimum absolute atomic E-state index is 0.257. The quantitative estimate of drug-likeness (QED) is 0.912. The van der Waals surface area contributed by atoms with Crippen molar-refractivity contribution in [3.8, 4) is 0 Å². The van der Waals surface area contributed by atoms with E-state index in [1.807, 2.05) is 18.2 Å². The number of rotatable bonds is 4. The first-order chi connectivity index (χ1) is 10.1. The highest BCUT2D eigenvalue weighted by molar-refractivity contribution is 7.92. The van der Waals surface area contributed by atoms with Crippen LogP contribution in [0.4, 0.5) is 11.4 Å². The molecule has 0 unspecified atom stereocenters. The van der Waals surface area contributed by atoms with Gasteiger partial charge in [-0.3, -0.25) is 4.72 Å². The van der Waals surface area contributed by atoms with Gasteiger partial charge in [0.2, 0.25) is 0 Å². The molecule has 2 aromatic carbocycles. The Morgan fingerprint density at radius 2 is 1.76 bits per heavy atom. The molecule has 1 aliphatic carbocycles. The van der Waals surface area contributed by atoms with Crippen molar-refractivity contribution in [3.63, 3.8) is 0 Å². The molecule has 110 valence electrons. The Bertz CT molecular complexity index is 770. The summed E-state index contributed by atoms with van der Waals surface area (Å²) in [5.74, 6) is 0. The maximum Gasteiger partial charge on any atom is 0.263 e. The Labute approximate surface area is 125 Å². The molecule has 0 spiro atoms. The Morgan fingerprint density at radius 1 is 1.00 bits per heavy atom. The van der Waals surface area contributed by atoms with Crippen LogP contribution in [0.15, 0.2) is 47.4 Å². The monoisotopic (exact) mass is 302 g/mol. The Kier molecular flexibility index (Phi) is 3.59. The van der Waals surface area contributed by atoms with Crippen LogP contribution < -0.4 is 10.0 Å². The van der Waals surface area contributed by atoms with Gasteiger partial charge in [0.25, 0.3) is 10.0 Å². The molecular weight excluding hydrogens is 284 g/mol. The van der Waals surface area contributed by atoms with Crippen molar-refractivity contribution in [1.82, 2.24) is 0 Å². The fourth-order valence-corrected chi connectivity index (χ4v) is 4.02. The first-order valence-corrected chi connectivity index (χ1v) is 8.50. The van der Waals surface area contributed by atoms with Crippen LogP contribution in [0.25, 0.3) is 0 Å². The highest BCUT2D eigenvalue weighted by Gasteiger charge is 2.19. The second-order valence-electron chi connectivity index (χ2n) is 5.19. The summed E-state index contributed by atoms with van der Waals surface area (Å²) in [6, 6.07) is 12.7. The van der Waals surface area contributed by atoms with Gasteiger partial charge in [-0.15, -0.1) is 0 Å². The van der Waals surface area contributed by atoms with Gasteiger partial charge in [-0.05, 0) is 54.7 Å². The van der Waals surface area contributed by atoms with Gasteiger partial charge in [-0.25, -0.2) is 8.42 Å². The van der Waals surface area contributed by atoms with E-state index in [2.05, 4.69) is 10.0 Å². The summed E-state index contributed by atoms with van der Waals surface area (Å²) in [5, 5.41) is 2.91. The normalized spacial score (nSPS) is 13.8. The number of hydrogen-bond donors (Lipinski definition) is 2. The van der Waals surface area contributed by atoms with E-state index in [1.54, 1.807) is 31.3 Å². The number of nitrogens with one attached hydrogen (secondary N) is 2. The SMILES string of the molecule is CNc1ccccc1S(=O)(=O)Nc1ccc2c(c1)CCC2. The zero-order valence-electron chi connectivity index (χ0n) is 11.9. The molecule has 0 radical (unpaired) electrons. The number of para-hydroxylation sites is 1. The second kappa shape index (κ2) is 5.41. The molecule has 4 nitrogen and oxygen atoms in total. The molecule has 0 amide bonds. The lowest BCUT2D eigenvalue weighted by Gasteiger charge is -2.12. The molecule has 2 N–H and O–H groups in total. The lowest BCUT2D eigenvalue weighted by atomic mass is 10.1. The first kappa shape index (κ1) is 13.9. The van der Waals surface area contributed by atoms with E-state index in [1.165, 1.54) is 11.1 Å². The van der Waals surface area contributed by atoms with Crippen LogP contribution in [0.2, 0.25) is 0 Å². The maximum absolute atomic E-state index is 12.5. The van der Waals surface area contributed by atoms with Gasteiger partial charge in [-0.2, -0.15) is 0 Å².